The molecule has 2 heterocycles. The van der Waals surface area contributed by atoms with Gasteiger partial charge >= 0.3 is 12.0 Å². The number of nitrogens with two attached hydrogens (primary N) is 1. The van der Waals surface area contributed by atoms with Crippen molar-refractivity contribution in [3.63, 3.8) is 0 Å². The van der Waals surface area contributed by atoms with Crippen LogP contribution in [0.1, 0.15) is 24.0 Å². The fourth-order valence-electron chi connectivity index (χ4n) is 5.33. The number of carboxylic acids is 1. The number of carbonyl (C=O) groups excluding carboxylic acids is 3. The number of hydrazine groups is 2. The molecule has 2 aliphatic heterocycles. The molecule has 40 heavy (non-hydrogen) atoms. The molecule has 3 aromatic carbocycles. The molecule has 0 saturated carbocycles. The minimum atomic E-state index is -1.10. The van der Waals surface area contributed by atoms with Crippen LogP contribution in [0, 0.1) is 5.82 Å². The summed E-state index contributed by atoms with van der Waals surface area (Å²) in [6, 6.07) is 17.4. The van der Waals surface area contributed by atoms with Gasteiger partial charge in [-0.1, -0.05) is 54.6 Å². The zero-order chi connectivity index (χ0) is 28.4. The number of rotatable bonds is 7. The predicted octanol–water partition coefficient (Wildman–Crippen LogP) is 2.03. The van der Waals surface area contributed by atoms with E-state index in [0.717, 1.165) is 21.5 Å². The van der Waals surface area contributed by atoms with Gasteiger partial charge in [-0.05, 0) is 40.5 Å². The average molecular weight is 549 g/mol. The first kappa shape index (κ1) is 27.0. The molecule has 4 N–H and O–H groups in total. The monoisotopic (exact) mass is 548 g/mol. The Labute approximate surface area is 229 Å². The summed E-state index contributed by atoms with van der Waals surface area (Å²) in [4.78, 5) is 54.5. The van der Waals surface area contributed by atoms with Crippen molar-refractivity contribution >= 4 is 34.6 Å². The van der Waals surface area contributed by atoms with E-state index >= 15 is 0 Å². The van der Waals surface area contributed by atoms with Crippen molar-refractivity contribution in [1.82, 2.24) is 25.2 Å². The molecule has 0 unspecified atom stereocenters. The van der Waals surface area contributed by atoms with Crippen LogP contribution in [0.5, 0.6) is 0 Å². The number of nitrogens with zero attached hydrogens (tertiary/aromatic N) is 4. The second kappa shape index (κ2) is 11.3. The van der Waals surface area contributed by atoms with Gasteiger partial charge in [-0.3, -0.25) is 14.4 Å². The lowest BCUT2D eigenvalue weighted by molar-refractivity contribution is -0.192. The normalized spacial score (nSPS) is 19.6. The van der Waals surface area contributed by atoms with Gasteiger partial charge in [0, 0.05) is 19.5 Å². The third kappa shape index (κ3) is 5.44. The van der Waals surface area contributed by atoms with Gasteiger partial charge in [0.1, 0.15) is 24.6 Å². The molecule has 0 spiro atoms. The number of halogens is 1. The first-order chi connectivity index (χ1) is 19.2. The third-order valence-electron chi connectivity index (χ3n) is 7.22. The van der Waals surface area contributed by atoms with Gasteiger partial charge in [-0.15, -0.1) is 5.12 Å². The number of nitrogens with one attached hydrogen (secondary N) is 1. The smallest absolute Gasteiger partial charge is 0.335 e. The Bertz CT molecular complexity index is 1450. The van der Waals surface area contributed by atoms with Gasteiger partial charge in [0.25, 0.3) is 0 Å². The van der Waals surface area contributed by atoms with Crippen LogP contribution in [0.3, 0.4) is 0 Å². The van der Waals surface area contributed by atoms with E-state index in [9.17, 15) is 28.7 Å². The zero-order valence-corrected chi connectivity index (χ0v) is 21.6. The maximum Gasteiger partial charge on any atom is 0.335 e. The second-order valence-corrected chi connectivity index (χ2v) is 9.81. The van der Waals surface area contributed by atoms with E-state index in [0.29, 0.717) is 5.56 Å². The van der Waals surface area contributed by atoms with Gasteiger partial charge in [0.05, 0.1) is 6.54 Å². The molecule has 0 radical (unpaired) electrons. The Morgan fingerprint density at radius 2 is 1.75 bits per heavy atom. The van der Waals surface area contributed by atoms with E-state index in [1.54, 1.807) is 4.90 Å². The summed E-state index contributed by atoms with van der Waals surface area (Å²) in [5, 5.41) is 16.2. The van der Waals surface area contributed by atoms with Crippen LogP contribution in [-0.2, 0) is 27.5 Å². The number of hydrogen-bond donors (Lipinski definition) is 3. The molecule has 3 aromatic rings. The molecular weight excluding hydrogens is 519 g/mol. The van der Waals surface area contributed by atoms with E-state index in [1.807, 2.05) is 42.5 Å². The number of amides is 4. The van der Waals surface area contributed by atoms with Crippen LogP contribution in [0.15, 0.2) is 66.7 Å². The standard InChI is InChI=1S/C28H29FN6O5/c29-21-10-8-18(9-11-21)14-31-28(40)35-24-16-32(15-20-6-3-5-19-4-1-2-7-22(19)20)27(39)23(12-13-26(37)38)34(24)25(36)17-33(35)30/h1-11,23-24H,12-17,30H2,(H,31,40)(H,37,38)/t23-,24-/m0/s1. The molecule has 2 atom stereocenters. The van der Waals surface area contributed by atoms with Crippen LogP contribution in [0.25, 0.3) is 10.8 Å². The Morgan fingerprint density at radius 1 is 1.02 bits per heavy atom. The van der Waals surface area contributed by atoms with Gasteiger partial charge < -0.3 is 20.2 Å². The van der Waals surface area contributed by atoms with Gasteiger partial charge in [-0.2, -0.15) is 0 Å². The average Bonchev–Trinajstić information content (AvgIpc) is 2.93. The summed E-state index contributed by atoms with van der Waals surface area (Å²) >= 11 is 0. The quantitative estimate of drug-likeness (QED) is 0.384. The van der Waals surface area contributed by atoms with Gasteiger partial charge in [0.15, 0.2) is 0 Å². The van der Waals surface area contributed by atoms with E-state index in [4.69, 9.17) is 5.84 Å². The van der Waals surface area contributed by atoms with Crippen molar-refractivity contribution in [1.29, 1.82) is 0 Å². The van der Waals surface area contributed by atoms with Crippen LogP contribution in [0.4, 0.5) is 9.18 Å². The number of aliphatic carboxylic acids is 1. The largest absolute Gasteiger partial charge is 0.481 e. The number of hydrogen-bond acceptors (Lipinski definition) is 6. The van der Waals surface area contributed by atoms with E-state index in [-0.39, 0.29) is 39.0 Å². The minimum absolute atomic E-state index is 0.0327. The highest BCUT2D eigenvalue weighted by Crippen LogP contribution is 2.29. The van der Waals surface area contributed by atoms with Crippen molar-refractivity contribution in [2.75, 3.05) is 13.1 Å². The second-order valence-electron chi connectivity index (χ2n) is 9.81. The molecule has 208 valence electrons. The van der Waals surface area contributed by atoms with Crippen molar-refractivity contribution in [3.8, 4) is 0 Å². The minimum Gasteiger partial charge on any atom is -0.481 e. The predicted molar refractivity (Wildman–Crippen MR) is 142 cm³/mol. The summed E-state index contributed by atoms with van der Waals surface area (Å²) in [7, 11) is 0. The fraction of sp³-hybridized carbons (Fsp3) is 0.286. The molecule has 5 rings (SSSR count). The Balaban J connectivity index is 1.45. The lowest BCUT2D eigenvalue weighted by atomic mass is 9.99. The van der Waals surface area contributed by atoms with E-state index in [2.05, 4.69) is 5.32 Å². The number of benzene rings is 3. The van der Waals surface area contributed by atoms with Crippen LogP contribution in [0.2, 0.25) is 0 Å². The fourth-order valence-corrected chi connectivity index (χ4v) is 5.33. The van der Waals surface area contributed by atoms with Crippen LogP contribution < -0.4 is 11.2 Å². The summed E-state index contributed by atoms with van der Waals surface area (Å²) in [5.74, 6) is 3.76. The molecule has 0 bridgehead atoms. The van der Waals surface area contributed by atoms with E-state index in [1.165, 1.54) is 34.2 Å². The lowest BCUT2D eigenvalue weighted by Gasteiger charge is -2.54. The third-order valence-corrected chi connectivity index (χ3v) is 7.22. The number of carboxylic acid groups (broad SMARTS) is 1. The molecule has 4 amide bonds. The SMILES string of the molecule is NN1CC(=O)N2[C@@H](CCC(=O)O)C(=O)N(Cc3cccc4ccccc34)C[C@@H]2N1C(=O)NCc1ccc(F)cc1. The summed E-state index contributed by atoms with van der Waals surface area (Å²) in [6.07, 6.45) is -1.41. The molecule has 12 heteroatoms. The molecular formula is C28H29FN6O5. The van der Waals surface area contributed by atoms with Crippen LogP contribution >= 0.6 is 0 Å². The van der Waals surface area contributed by atoms with Crippen LogP contribution in [-0.4, -0.2) is 74.1 Å². The lowest BCUT2D eigenvalue weighted by Crippen LogP contribution is -2.77. The molecule has 11 nitrogen and oxygen atoms in total. The Kier molecular flexibility index (Phi) is 7.63. The number of carbonyl (C=O) groups is 4. The Morgan fingerprint density at radius 3 is 2.50 bits per heavy atom. The summed E-state index contributed by atoms with van der Waals surface area (Å²) in [6.45, 7) is -0.140. The number of urea groups is 1. The molecule has 2 fully saturated rings. The zero-order valence-electron chi connectivity index (χ0n) is 21.6. The Hall–Kier alpha value is -4.55. The van der Waals surface area contributed by atoms with Gasteiger partial charge in [0.2, 0.25) is 11.8 Å². The molecule has 2 saturated heterocycles. The van der Waals surface area contributed by atoms with Crippen molar-refractivity contribution in [2.24, 2.45) is 5.84 Å². The van der Waals surface area contributed by atoms with E-state index < -0.39 is 41.8 Å². The molecule has 0 aromatic heterocycles. The highest BCUT2D eigenvalue weighted by Gasteiger charge is 2.51. The van der Waals surface area contributed by atoms with Gasteiger partial charge in [-0.25, -0.2) is 20.0 Å². The molecule has 2 aliphatic rings. The molecule has 0 aliphatic carbocycles. The highest BCUT2D eigenvalue weighted by molar-refractivity contribution is 5.92. The topological polar surface area (TPSA) is 140 Å². The maximum absolute atomic E-state index is 13.7. The highest BCUT2D eigenvalue weighted by atomic mass is 19.1. The van der Waals surface area contributed by atoms with Crippen molar-refractivity contribution in [2.45, 2.75) is 38.1 Å². The number of fused-ring (bicyclic) bond motifs is 2. The summed E-state index contributed by atoms with van der Waals surface area (Å²) < 4.78 is 13.3. The first-order valence-electron chi connectivity index (χ1n) is 12.8. The summed E-state index contributed by atoms with van der Waals surface area (Å²) in [5.41, 5.74) is 1.52. The maximum atomic E-state index is 13.7. The van der Waals surface area contributed by atoms with Crippen molar-refractivity contribution in [3.05, 3.63) is 83.7 Å². The van der Waals surface area contributed by atoms with Crippen molar-refractivity contribution < 1.29 is 28.7 Å². The first-order valence-corrected chi connectivity index (χ1v) is 12.8. The number of piperazine rings is 1.